The van der Waals surface area contributed by atoms with E-state index in [1.807, 2.05) is 0 Å². The van der Waals surface area contributed by atoms with Crippen molar-refractivity contribution in [1.82, 2.24) is 5.43 Å². The van der Waals surface area contributed by atoms with Crippen LogP contribution in [0.4, 0.5) is 0 Å². The summed E-state index contributed by atoms with van der Waals surface area (Å²) < 4.78 is 0. The Hall–Kier alpha value is -0.0800. The zero-order valence-electron chi connectivity index (χ0n) is 11.7. The highest BCUT2D eigenvalue weighted by Gasteiger charge is 2.40. The number of hydrazine groups is 1. The lowest BCUT2D eigenvalue weighted by molar-refractivity contribution is 0.236. The topological polar surface area (TPSA) is 38.0 Å². The maximum absolute atomic E-state index is 5.82. The van der Waals surface area contributed by atoms with Crippen molar-refractivity contribution in [3.8, 4) is 0 Å². The first-order chi connectivity index (χ1) is 8.85. The lowest BCUT2D eigenvalue weighted by Crippen LogP contribution is -2.39. The Morgan fingerprint density at radius 3 is 2.39 bits per heavy atom. The van der Waals surface area contributed by atoms with Crippen LogP contribution >= 0.6 is 0 Å². The molecule has 0 aromatic carbocycles. The van der Waals surface area contributed by atoms with Crippen LogP contribution in [0.5, 0.6) is 0 Å². The highest BCUT2D eigenvalue weighted by molar-refractivity contribution is 4.91. The summed E-state index contributed by atoms with van der Waals surface area (Å²) in [6.07, 6.45) is 16.0. The van der Waals surface area contributed by atoms with Crippen molar-refractivity contribution in [3.63, 3.8) is 0 Å². The summed E-state index contributed by atoms with van der Waals surface area (Å²) in [4.78, 5) is 0. The van der Waals surface area contributed by atoms with E-state index in [4.69, 9.17) is 5.84 Å². The minimum atomic E-state index is 0.595. The van der Waals surface area contributed by atoms with Crippen LogP contribution in [0.3, 0.4) is 0 Å². The third kappa shape index (κ3) is 2.91. The molecule has 3 saturated carbocycles. The summed E-state index contributed by atoms with van der Waals surface area (Å²) >= 11 is 0. The SMILES string of the molecule is NNC(CC1CCCCC1)CC1CC2CCC1C2. The first-order valence-electron chi connectivity index (χ1n) is 8.31. The molecule has 3 aliphatic rings. The number of hydrogen-bond donors (Lipinski definition) is 2. The van der Waals surface area contributed by atoms with E-state index in [-0.39, 0.29) is 0 Å². The molecule has 3 fully saturated rings. The fourth-order valence-electron chi connectivity index (χ4n) is 5.09. The average molecular weight is 250 g/mol. The summed E-state index contributed by atoms with van der Waals surface area (Å²) in [5.74, 6) is 9.90. The zero-order valence-corrected chi connectivity index (χ0v) is 11.7. The number of nitrogens with two attached hydrogens (primary N) is 1. The second-order valence-electron chi connectivity index (χ2n) is 7.27. The van der Waals surface area contributed by atoms with Gasteiger partial charge in [0.1, 0.15) is 0 Å². The van der Waals surface area contributed by atoms with Gasteiger partial charge < -0.3 is 0 Å². The summed E-state index contributed by atoms with van der Waals surface area (Å²) in [5.41, 5.74) is 3.14. The summed E-state index contributed by atoms with van der Waals surface area (Å²) in [7, 11) is 0. The quantitative estimate of drug-likeness (QED) is 0.578. The third-order valence-electron chi connectivity index (χ3n) is 6.05. The van der Waals surface area contributed by atoms with E-state index in [9.17, 15) is 0 Å². The molecular weight excluding hydrogens is 220 g/mol. The van der Waals surface area contributed by atoms with Crippen molar-refractivity contribution < 1.29 is 0 Å². The number of hydrogen-bond acceptors (Lipinski definition) is 2. The van der Waals surface area contributed by atoms with Gasteiger partial charge in [-0.05, 0) is 55.8 Å². The van der Waals surface area contributed by atoms with Gasteiger partial charge in [0, 0.05) is 6.04 Å². The van der Waals surface area contributed by atoms with E-state index in [2.05, 4.69) is 5.43 Å². The monoisotopic (exact) mass is 250 g/mol. The molecule has 2 bridgehead atoms. The fraction of sp³-hybridized carbons (Fsp3) is 1.00. The van der Waals surface area contributed by atoms with Gasteiger partial charge in [0.2, 0.25) is 0 Å². The van der Waals surface area contributed by atoms with Crippen molar-refractivity contribution in [2.24, 2.45) is 29.5 Å². The molecule has 0 aromatic heterocycles. The molecule has 4 atom stereocenters. The summed E-state index contributed by atoms with van der Waals surface area (Å²) in [6, 6.07) is 0.595. The van der Waals surface area contributed by atoms with Gasteiger partial charge in [-0.15, -0.1) is 0 Å². The van der Waals surface area contributed by atoms with Crippen molar-refractivity contribution in [2.75, 3.05) is 0 Å². The number of nitrogens with one attached hydrogen (secondary N) is 1. The van der Waals surface area contributed by atoms with E-state index >= 15 is 0 Å². The molecule has 0 aliphatic heterocycles. The predicted molar refractivity (Wildman–Crippen MR) is 75.9 cm³/mol. The predicted octanol–water partition coefficient (Wildman–Crippen LogP) is 3.62. The van der Waals surface area contributed by atoms with Gasteiger partial charge in [-0.1, -0.05) is 38.5 Å². The normalized spacial score (nSPS) is 38.2. The molecule has 2 heteroatoms. The Bertz CT molecular complexity index is 260. The minimum Gasteiger partial charge on any atom is -0.271 e. The Kier molecular flexibility index (Phi) is 4.25. The molecule has 0 spiro atoms. The van der Waals surface area contributed by atoms with Crippen LogP contribution in [0.25, 0.3) is 0 Å². The van der Waals surface area contributed by atoms with Gasteiger partial charge in [-0.25, -0.2) is 0 Å². The average Bonchev–Trinajstić information content (AvgIpc) is 3.01. The minimum absolute atomic E-state index is 0.595. The van der Waals surface area contributed by atoms with E-state index < -0.39 is 0 Å². The molecule has 0 radical (unpaired) electrons. The van der Waals surface area contributed by atoms with E-state index in [0.717, 1.165) is 23.7 Å². The molecule has 0 aromatic rings. The maximum atomic E-state index is 5.82. The number of rotatable bonds is 5. The molecule has 104 valence electrons. The smallest absolute Gasteiger partial charge is 0.0215 e. The lowest BCUT2D eigenvalue weighted by Gasteiger charge is -2.30. The van der Waals surface area contributed by atoms with E-state index in [1.54, 1.807) is 0 Å². The van der Waals surface area contributed by atoms with Crippen molar-refractivity contribution in [2.45, 2.75) is 76.7 Å². The Morgan fingerprint density at radius 2 is 1.78 bits per heavy atom. The molecule has 0 heterocycles. The van der Waals surface area contributed by atoms with Crippen LogP contribution < -0.4 is 11.3 Å². The highest BCUT2D eigenvalue weighted by Crippen LogP contribution is 2.50. The largest absolute Gasteiger partial charge is 0.271 e. The van der Waals surface area contributed by atoms with Gasteiger partial charge in [-0.2, -0.15) is 0 Å². The Balaban J connectivity index is 1.46. The van der Waals surface area contributed by atoms with Gasteiger partial charge in [0.25, 0.3) is 0 Å². The van der Waals surface area contributed by atoms with Crippen LogP contribution in [0.2, 0.25) is 0 Å². The molecule has 2 nitrogen and oxygen atoms in total. The van der Waals surface area contributed by atoms with Crippen molar-refractivity contribution in [3.05, 3.63) is 0 Å². The summed E-state index contributed by atoms with van der Waals surface area (Å²) in [6.45, 7) is 0. The van der Waals surface area contributed by atoms with E-state index in [1.165, 1.54) is 70.6 Å². The van der Waals surface area contributed by atoms with Crippen LogP contribution in [0.1, 0.15) is 70.6 Å². The summed E-state index contributed by atoms with van der Waals surface area (Å²) in [5, 5.41) is 0. The molecule has 0 saturated heterocycles. The maximum Gasteiger partial charge on any atom is 0.0215 e. The second-order valence-corrected chi connectivity index (χ2v) is 7.27. The van der Waals surface area contributed by atoms with Gasteiger partial charge in [0.05, 0.1) is 0 Å². The Labute approximate surface area is 112 Å². The molecule has 0 amide bonds. The molecule has 3 rings (SSSR count). The van der Waals surface area contributed by atoms with E-state index in [0.29, 0.717) is 6.04 Å². The van der Waals surface area contributed by atoms with Crippen molar-refractivity contribution in [1.29, 1.82) is 0 Å². The van der Waals surface area contributed by atoms with Crippen LogP contribution in [0.15, 0.2) is 0 Å². The molecule has 18 heavy (non-hydrogen) atoms. The van der Waals surface area contributed by atoms with Crippen LogP contribution in [-0.4, -0.2) is 6.04 Å². The fourth-order valence-corrected chi connectivity index (χ4v) is 5.09. The molecular formula is C16H30N2. The third-order valence-corrected chi connectivity index (χ3v) is 6.05. The lowest BCUT2D eigenvalue weighted by atomic mass is 9.79. The first kappa shape index (κ1) is 12.9. The molecule has 3 aliphatic carbocycles. The van der Waals surface area contributed by atoms with Crippen molar-refractivity contribution >= 4 is 0 Å². The molecule has 3 N–H and O–H groups in total. The Morgan fingerprint density at radius 1 is 0.944 bits per heavy atom. The zero-order chi connectivity index (χ0) is 12.4. The molecule has 4 unspecified atom stereocenters. The van der Waals surface area contributed by atoms with Gasteiger partial charge >= 0.3 is 0 Å². The van der Waals surface area contributed by atoms with Crippen LogP contribution in [-0.2, 0) is 0 Å². The standard InChI is InChI=1S/C16H30N2/c17-18-16(10-12-4-2-1-3-5-12)11-15-9-13-6-7-14(15)8-13/h12-16,18H,1-11,17H2. The van der Waals surface area contributed by atoms with Gasteiger partial charge in [-0.3, -0.25) is 11.3 Å². The number of fused-ring (bicyclic) bond motifs is 2. The second kappa shape index (κ2) is 5.92. The van der Waals surface area contributed by atoms with Crippen LogP contribution in [0, 0.1) is 23.7 Å². The highest BCUT2D eigenvalue weighted by atomic mass is 15.2. The van der Waals surface area contributed by atoms with Gasteiger partial charge in [0.15, 0.2) is 0 Å². The first-order valence-corrected chi connectivity index (χ1v) is 8.31.